The molecule has 2 aliphatic carbocycles. The van der Waals surface area contributed by atoms with E-state index < -0.39 is 51.1 Å². The molecule has 1 N–H and O–H groups in total. The van der Waals surface area contributed by atoms with Crippen molar-refractivity contribution in [3.63, 3.8) is 0 Å². The highest BCUT2D eigenvalue weighted by atomic mass is 79.9. The molecule has 1 saturated carbocycles. The van der Waals surface area contributed by atoms with E-state index in [9.17, 15) is 24.3 Å². The van der Waals surface area contributed by atoms with Gasteiger partial charge in [-0.25, -0.2) is 0 Å². The molecule has 2 saturated heterocycles. The number of anilines is 1. The van der Waals surface area contributed by atoms with Gasteiger partial charge in [-0.2, -0.15) is 0 Å². The second kappa shape index (κ2) is 10.4. The van der Waals surface area contributed by atoms with Gasteiger partial charge in [0.25, 0.3) is 11.8 Å². The Labute approximate surface area is 259 Å². The van der Waals surface area contributed by atoms with Gasteiger partial charge in [0.1, 0.15) is 12.4 Å². The summed E-state index contributed by atoms with van der Waals surface area (Å²) in [6.45, 7) is -0.257. The van der Waals surface area contributed by atoms with Gasteiger partial charge in [0.15, 0.2) is 9.75 Å². The van der Waals surface area contributed by atoms with Crippen LogP contribution in [0.5, 0.6) is 5.75 Å². The van der Waals surface area contributed by atoms with Crippen molar-refractivity contribution < 1.29 is 29.0 Å². The molecule has 6 atom stereocenters. The number of carbonyl (C=O) groups is 4. The summed E-state index contributed by atoms with van der Waals surface area (Å²) in [5.74, 6) is -4.80. The normalized spacial score (nSPS) is 32.6. The van der Waals surface area contributed by atoms with Crippen molar-refractivity contribution in [2.75, 3.05) is 23.6 Å². The van der Waals surface area contributed by atoms with E-state index in [1.807, 2.05) is 6.08 Å². The molecular weight excluding hydrogens is 659 g/mol. The summed E-state index contributed by atoms with van der Waals surface area (Å²) in [7, 11) is 0. The summed E-state index contributed by atoms with van der Waals surface area (Å²) in [6, 6.07) is 13.4. The molecule has 41 heavy (non-hydrogen) atoms. The Morgan fingerprint density at radius 1 is 0.976 bits per heavy atom. The lowest BCUT2D eigenvalue weighted by molar-refractivity contribution is -0.138. The maximum Gasteiger partial charge on any atom is 0.254 e. The number of ether oxygens (including phenoxy) is 1. The molecule has 214 valence electrons. The van der Waals surface area contributed by atoms with Crippen molar-refractivity contribution in [2.24, 2.45) is 17.8 Å². The highest BCUT2D eigenvalue weighted by Gasteiger charge is 2.76. The van der Waals surface area contributed by atoms with Gasteiger partial charge in [0, 0.05) is 16.5 Å². The second-order valence-corrected chi connectivity index (χ2v) is 12.8. The lowest BCUT2D eigenvalue weighted by Crippen LogP contribution is -2.60. The van der Waals surface area contributed by atoms with Gasteiger partial charge < -0.3 is 9.84 Å². The first-order valence-corrected chi connectivity index (χ1v) is 15.3. The summed E-state index contributed by atoms with van der Waals surface area (Å²) in [5.41, 5.74) is 1.45. The fourth-order valence-corrected chi connectivity index (χ4v) is 8.49. The van der Waals surface area contributed by atoms with Crippen LogP contribution in [0.1, 0.15) is 24.3 Å². The van der Waals surface area contributed by atoms with E-state index in [2.05, 4.69) is 15.9 Å². The van der Waals surface area contributed by atoms with Gasteiger partial charge in [-0.3, -0.25) is 29.0 Å². The van der Waals surface area contributed by atoms with Crippen molar-refractivity contribution >= 4 is 80.0 Å². The zero-order valence-electron chi connectivity index (χ0n) is 21.4. The van der Waals surface area contributed by atoms with E-state index in [0.29, 0.717) is 27.6 Å². The summed E-state index contributed by atoms with van der Waals surface area (Å²) < 4.78 is 5.83. The van der Waals surface area contributed by atoms with Crippen molar-refractivity contribution in [1.29, 1.82) is 0 Å². The lowest BCUT2D eigenvalue weighted by atomic mass is 9.56. The lowest BCUT2D eigenvalue weighted by Gasteiger charge is -2.51. The van der Waals surface area contributed by atoms with Crippen LogP contribution >= 0.6 is 50.7 Å². The van der Waals surface area contributed by atoms with Gasteiger partial charge >= 0.3 is 0 Å². The smallest absolute Gasteiger partial charge is 0.254 e. The first-order valence-electron chi connectivity index (χ1n) is 13.1. The monoisotopic (exact) mass is 680 g/mol. The molecule has 3 fully saturated rings. The Balaban J connectivity index is 1.52. The number of benzene rings is 2. The van der Waals surface area contributed by atoms with Gasteiger partial charge in [0.05, 0.1) is 29.6 Å². The number of likely N-dealkylation sites (tertiary alicyclic amines) is 1. The zero-order chi connectivity index (χ0) is 29.3. The molecule has 8 nitrogen and oxygen atoms in total. The number of alkyl halides is 3. The Kier molecular flexibility index (Phi) is 7.26. The van der Waals surface area contributed by atoms with E-state index in [1.165, 1.54) is 4.90 Å². The second-order valence-electron chi connectivity index (χ2n) is 10.6. The first-order chi connectivity index (χ1) is 19.6. The van der Waals surface area contributed by atoms with Crippen LogP contribution in [0.2, 0.25) is 5.02 Å². The first kappa shape index (κ1) is 28.7. The fraction of sp³-hybridized carbons (Fsp3) is 0.379. The van der Waals surface area contributed by atoms with Gasteiger partial charge in [-0.15, -0.1) is 23.2 Å². The predicted octanol–water partition coefficient (Wildman–Crippen LogP) is 4.63. The number of allylic oxidation sites excluding steroid dienone is 2. The Morgan fingerprint density at radius 3 is 2.37 bits per heavy atom. The minimum absolute atomic E-state index is 0.0122. The van der Waals surface area contributed by atoms with Crippen LogP contribution < -0.4 is 9.64 Å². The van der Waals surface area contributed by atoms with Gasteiger partial charge in [-0.1, -0.05) is 57.4 Å². The molecule has 0 aromatic heterocycles. The van der Waals surface area contributed by atoms with Crippen molar-refractivity contribution in [2.45, 2.75) is 28.5 Å². The topological polar surface area (TPSA) is 104 Å². The number of amides is 4. The van der Waals surface area contributed by atoms with Crippen molar-refractivity contribution in [3.8, 4) is 5.75 Å². The highest BCUT2D eigenvalue weighted by Crippen LogP contribution is 2.66. The highest BCUT2D eigenvalue weighted by molar-refractivity contribution is 9.09. The van der Waals surface area contributed by atoms with E-state index in [-0.39, 0.29) is 37.4 Å². The quantitative estimate of drug-likeness (QED) is 0.207. The van der Waals surface area contributed by atoms with Gasteiger partial charge in [-0.05, 0) is 49.1 Å². The Bertz CT molecular complexity index is 1500. The third kappa shape index (κ3) is 3.96. The minimum atomic E-state index is -1.94. The maximum atomic E-state index is 14.0. The molecule has 2 aromatic carbocycles. The number of aliphatic hydroxyl groups excluding tert-OH is 1. The molecule has 2 aliphatic heterocycles. The molecule has 2 aromatic rings. The Hall–Kier alpha value is -2.43. The van der Waals surface area contributed by atoms with Crippen molar-refractivity contribution in [3.05, 3.63) is 70.8 Å². The molecule has 6 unspecified atom stereocenters. The molecule has 0 spiro atoms. The molecule has 0 bridgehead atoms. The van der Waals surface area contributed by atoms with E-state index in [4.69, 9.17) is 39.5 Å². The van der Waals surface area contributed by atoms with Crippen LogP contribution in [-0.4, -0.2) is 62.1 Å². The van der Waals surface area contributed by atoms with Gasteiger partial charge in [0.2, 0.25) is 11.8 Å². The SMILES string of the molecule is O=C1C2CC=C3C(CC4(Cl)C(=O)N(CBr)C(=O)C4(Cl)C3c3ccccc3OCCO)C2C(=O)N1c1ccc(Cl)cc1. The van der Waals surface area contributed by atoms with Crippen molar-refractivity contribution in [1.82, 2.24) is 4.90 Å². The molecule has 0 radical (unpaired) electrons. The number of para-hydroxylation sites is 1. The molecule has 6 rings (SSSR count). The summed E-state index contributed by atoms with van der Waals surface area (Å²) >= 11 is 23.8. The number of aliphatic hydroxyl groups is 1. The standard InChI is InChI=1S/C29H24BrCl3N2O6/c30-14-34-26(39)28(32)13-20-17(23(29(28,33)27(34)40)18-3-1-2-4-21(18)41-12-11-36)9-10-19-22(20)25(38)35(24(19)37)16-7-5-15(31)6-8-16/h1-9,19-20,22-23,36H,10-14H2. The number of hydrogen-bond donors (Lipinski definition) is 1. The number of imide groups is 2. The predicted molar refractivity (Wildman–Crippen MR) is 156 cm³/mol. The summed E-state index contributed by atoms with van der Waals surface area (Å²) in [6.07, 6.45) is 2.00. The fourth-order valence-electron chi connectivity index (χ4n) is 6.95. The van der Waals surface area contributed by atoms with E-state index in [1.54, 1.807) is 48.5 Å². The number of hydrogen-bond acceptors (Lipinski definition) is 6. The van der Waals surface area contributed by atoms with Crippen LogP contribution in [0.15, 0.2) is 60.2 Å². The van der Waals surface area contributed by atoms with E-state index in [0.717, 1.165) is 4.90 Å². The Morgan fingerprint density at radius 2 is 1.68 bits per heavy atom. The summed E-state index contributed by atoms with van der Waals surface area (Å²) in [5, 5.41) is 9.88. The average Bonchev–Trinajstić information content (AvgIpc) is 3.30. The van der Waals surface area contributed by atoms with Crippen LogP contribution in [0, 0.1) is 17.8 Å². The van der Waals surface area contributed by atoms with Crippen LogP contribution in [-0.2, 0) is 19.2 Å². The number of nitrogens with zero attached hydrogens (tertiary/aromatic N) is 2. The zero-order valence-corrected chi connectivity index (χ0v) is 25.3. The third-order valence-corrected chi connectivity index (χ3v) is 10.8. The largest absolute Gasteiger partial charge is 0.491 e. The molecule has 4 aliphatic rings. The minimum Gasteiger partial charge on any atom is -0.491 e. The van der Waals surface area contributed by atoms with Crippen LogP contribution in [0.3, 0.4) is 0 Å². The molecule has 4 amide bonds. The molecular formula is C29H24BrCl3N2O6. The number of halogens is 4. The summed E-state index contributed by atoms with van der Waals surface area (Å²) in [4.78, 5) is 53.7. The van der Waals surface area contributed by atoms with E-state index >= 15 is 0 Å². The number of rotatable bonds is 6. The average molecular weight is 683 g/mol. The number of carbonyl (C=O) groups excluding carboxylic acids is 4. The molecule has 12 heteroatoms. The third-order valence-electron chi connectivity index (χ3n) is 8.68. The van der Waals surface area contributed by atoms with Crippen LogP contribution in [0.4, 0.5) is 5.69 Å². The maximum absolute atomic E-state index is 14.0. The van der Waals surface area contributed by atoms with Crippen LogP contribution in [0.25, 0.3) is 0 Å². The molecule has 2 heterocycles. The number of fused-ring (bicyclic) bond motifs is 4.